The number of carboxylic acids is 1. The van der Waals surface area contributed by atoms with Crippen molar-refractivity contribution >= 4 is 40.8 Å². The van der Waals surface area contributed by atoms with E-state index in [2.05, 4.69) is 16.0 Å². The Bertz CT molecular complexity index is 1030. The van der Waals surface area contributed by atoms with Crippen LogP contribution in [0.4, 0.5) is 11.4 Å². The monoisotopic (exact) mass is 551 g/mol. The summed E-state index contributed by atoms with van der Waals surface area (Å²) in [6.07, 6.45) is -0.248. The Balaban J connectivity index is 2.54. The molecule has 39 heavy (non-hydrogen) atoms. The average molecular weight is 552 g/mol. The zero-order valence-corrected chi connectivity index (χ0v) is 22.8. The number of anilines is 1. The number of hydrogen-bond acceptors (Lipinski definition) is 9. The molecule has 3 atom stereocenters. The molecule has 1 aromatic carbocycles. The molecule has 14 nitrogen and oxygen atoms in total. The van der Waals surface area contributed by atoms with Gasteiger partial charge in [0.1, 0.15) is 6.04 Å². The molecule has 0 aromatic heterocycles. The first-order chi connectivity index (χ1) is 18.3. The van der Waals surface area contributed by atoms with Gasteiger partial charge in [0, 0.05) is 30.7 Å². The van der Waals surface area contributed by atoms with Gasteiger partial charge in [0.05, 0.1) is 30.5 Å². The summed E-state index contributed by atoms with van der Waals surface area (Å²) >= 11 is 0. The van der Waals surface area contributed by atoms with Crippen LogP contribution in [0.25, 0.3) is 0 Å². The van der Waals surface area contributed by atoms with Crippen molar-refractivity contribution in [2.45, 2.75) is 71.5 Å². The minimum absolute atomic E-state index is 0.0830. The summed E-state index contributed by atoms with van der Waals surface area (Å²) in [5, 5.41) is 28.7. The Kier molecular flexibility index (Phi) is 13.7. The molecule has 0 saturated carbocycles. The van der Waals surface area contributed by atoms with Crippen LogP contribution in [-0.4, -0.2) is 76.3 Å². The second-order valence-corrected chi connectivity index (χ2v) is 9.24. The number of nitro benzene ring substituents is 1. The molecule has 0 bridgehead atoms. The Morgan fingerprint density at radius 2 is 1.62 bits per heavy atom. The number of ketones is 1. The maximum absolute atomic E-state index is 12.7. The maximum atomic E-state index is 12.7. The number of rotatable bonds is 17. The van der Waals surface area contributed by atoms with Crippen LogP contribution in [0.5, 0.6) is 0 Å². The van der Waals surface area contributed by atoms with Crippen LogP contribution in [0.1, 0.15) is 53.4 Å². The van der Waals surface area contributed by atoms with Gasteiger partial charge in [-0.25, -0.2) is 5.06 Å². The van der Waals surface area contributed by atoms with Gasteiger partial charge < -0.3 is 21.1 Å². The van der Waals surface area contributed by atoms with Crippen LogP contribution in [0.15, 0.2) is 24.3 Å². The van der Waals surface area contributed by atoms with Crippen LogP contribution in [0.3, 0.4) is 0 Å². The zero-order valence-electron chi connectivity index (χ0n) is 22.8. The number of aliphatic carboxylic acids is 1. The molecule has 0 spiro atoms. The fourth-order valence-corrected chi connectivity index (χ4v) is 3.58. The van der Waals surface area contributed by atoms with Crippen molar-refractivity contribution in [1.29, 1.82) is 0 Å². The topological polar surface area (TPSA) is 197 Å². The van der Waals surface area contributed by atoms with Crippen molar-refractivity contribution in [1.82, 2.24) is 15.7 Å². The molecule has 0 aliphatic heterocycles. The standard InChI is InChI=1S/C25H37N5O9/c1-15(2)23(25(36)28-18-8-10-19(11-9-18)30(37)38)26-14-6-7-20(31)16(3)27-24(35)17(4)29(39-5)21(32)12-13-22(33)34/h8-11,15-17,23,26H,6-7,12-14H2,1-5H3,(H,27,35)(H,28,36)(H,33,34)/t16-,17-,23-/m0/s1. The Labute approximate surface area is 226 Å². The van der Waals surface area contributed by atoms with Gasteiger partial charge in [-0.1, -0.05) is 13.8 Å². The fourth-order valence-electron chi connectivity index (χ4n) is 3.58. The average Bonchev–Trinajstić information content (AvgIpc) is 2.87. The lowest BCUT2D eigenvalue weighted by Crippen LogP contribution is -2.51. The predicted octanol–water partition coefficient (Wildman–Crippen LogP) is 1.64. The lowest BCUT2D eigenvalue weighted by molar-refractivity contribution is -0.384. The van der Waals surface area contributed by atoms with Crippen LogP contribution < -0.4 is 16.0 Å². The van der Waals surface area contributed by atoms with E-state index >= 15 is 0 Å². The quantitative estimate of drug-likeness (QED) is 0.125. The highest BCUT2D eigenvalue weighted by atomic mass is 16.7. The summed E-state index contributed by atoms with van der Waals surface area (Å²) in [4.78, 5) is 75.8. The maximum Gasteiger partial charge on any atom is 0.303 e. The Hall–Kier alpha value is -3.91. The third-order valence-corrected chi connectivity index (χ3v) is 5.83. The first kappa shape index (κ1) is 33.1. The molecule has 14 heteroatoms. The molecule has 4 N–H and O–H groups in total. The van der Waals surface area contributed by atoms with Gasteiger partial charge in [-0.3, -0.25) is 38.9 Å². The van der Waals surface area contributed by atoms with E-state index < -0.39 is 47.3 Å². The minimum atomic E-state index is -1.16. The normalized spacial score (nSPS) is 13.2. The van der Waals surface area contributed by atoms with Crippen molar-refractivity contribution < 1.29 is 38.8 Å². The van der Waals surface area contributed by atoms with E-state index in [0.29, 0.717) is 18.7 Å². The highest BCUT2D eigenvalue weighted by molar-refractivity contribution is 5.95. The lowest BCUT2D eigenvalue weighted by Gasteiger charge is -2.26. The lowest BCUT2D eigenvalue weighted by atomic mass is 10.0. The molecule has 216 valence electrons. The van der Waals surface area contributed by atoms with E-state index in [1.807, 2.05) is 13.8 Å². The summed E-state index contributed by atoms with van der Waals surface area (Å²) in [5.41, 5.74) is 0.332. The number of benzene rings is 1. The number of carboxylic acid groups (broad SMARTS) is 1. The minimum Gasteiger partial charge on any atom is -0.481 e. The van der Waals surface area contributed by atoms with Gasteiger partial charge in [-0.05, 0) is 44.9 Å². The first-order valence-corrected chi connectivity index (χ1v) is 12.5. The molecule has 0 aliphatic carbocycles. The van der Waals surface area contributed by atoms with E-state index in [1.54, 1.807) is 0 Å². The van der Waals surface area contributed by atoms with E-state index in [4.69, 9.17) is 9.94 Å². The first-order valence-electron chi connectivity index (χ1n) is 12.5. The summed E-state index contributed by atoms with van der Waals surface area (Å²) in [6, 6.07) is 2.97. The van der Waals surface area contributed by atoms with Crippen LogP contribution in [0.2, 0.25) is 0 Å². The number of carbonyl (C=O) groups is 5. The molecule has 1 aromatic rings. The highest BCUT2D eigenvalue weighted by Gasteiger charge is 2.28. The summed E-state index contributed by atoms with van der Waals surface area (Å²) in [7, 11) is 1.18. The predicted molar refractivity (Wildman–Crippen MR) is 140 cm³/mol. The number of hydrogen-bond donors (Lipinski definition) is 4. The van der Waals surface area contributed by atoms with E-state index in [1.165, 1.54) is 45.2 Å². The smallest absolute Gasteiger partial charge is 0.303 e. The molecule has 1 rings (SSSR count). The fraction of sp³-hybridized carbons (Fsp3) is 0.560. The summed E-state index contributed by atoms with van der Waals surface area (Å²) < 4.78 is 0. The van der Waals surface area contributed by atoms with Crippen molar-refractivity contribution in [3.05, 3.63) is 34.4 Å². The number of hydroxylamine groups is 2. The molecule has 0 aliphatic rings. The van der Waals surface area contributed by atoms with Gasteiger partial charge in [0.2, 0.25) is 17.7 Å². The molecule has 0 fully saturated rings. The van der Waals surface area contributed by atoms with Gasteiger partial charge in [0.25, 0.3) is 5.69 Å². The number of nitrogens with zero attached hydrogens (tertiary/aromatic N) is 2. The summed E-state index contributed by atoms with van der Waals surface area (Å²) in [6.45, 7) is 6.96. The molecule has 0 heterocycles. The van der Waals surface area contributed by atoms with Gasteiger partial charge >= 0.3 is 5.97 Å². The zero-order chi connectivity index (χ0) is 29.7. The highest BCUT2D eigenvalue weighted by Crippen LogP contribution is 2.16. The van der Waals surface area contributed by atoms with Gasteiger partial charge in [0.15, 0.2) is 5.78 Å². The molecular weight excluding hydrogens is 514 g/mol. The van der Waals surface area contributed by atoms with Crippen molar-refractivity contribution in [3.8, 4) is 0 Å². The van der Waals surface area contributed by atoms with Crippen molar-refractivity contribution in [2.75, 3.05) is 19.0 Å². The molecule has 0 unspecified atom stereocenters. The number of amides is 3. The van der Waals surface area contributed by atoms with Gasteiger partial charge in [-0.2, -0.15) is 0 Å². The number of Topliss-reactive ketones (excluding diaryl/α,β-unsaturated/α-hetero) is 1. The molecule has 0 radical (unpaired) electrons. The molecular formula is C25H37N5O9. The third kappa shape index (κ3) is 11.2. The largest absolute Gasteiger partial charge is 0.481 e. The second kappa shape index (κ2) is 16.1. The Morgan fingerprint density at radius 1 is 1.00 bits per heavy atom. The van der Waals surface area contributed by atoms with Gasteiger partial charge in [-0.15, -0.1) is 0 Å². The third-order valence-electron chi connectivity index (χ3n) is 5.83. The Morgan fingerprint density at radius 3 is 2.13 bits per heavy atom. The number of non-ortho nitro benzene ring substituents is 1. The van der Waals surface area contributed by atoms with E-state index in [9.17, 15) is 34.1 Å². The summed E-state index contributed by atoms with van der Waals surface area (Å²) in [5.74, 6) is -3.13. The second-order valence-electron chi connectivity index (χ2n) is 9.24. The van der Waals surface area contributed by atoms with Crippen LogP contribution >= 0.6 is 0 Å². The van der Waals surface area contributed by atoms with Crippen LogP contribution in [-0.2, 0) is 28.8 Å². The molecule has 3 amide bonds. The van der Waals surface area contributed by atoms with Crippen molar-refractivity contribution in [2.24, 2.45) is 5.92 Å². The molecule has 0 saturated heterocycles. The van der Waals surface area contributed by atoms with Crippen molar-refractivity contribution in [3.63, 3.8) is 0 Å². The SMILES string of the molecule is CON(C(=O)CCC(=O)O)[C@@H](C)C(=O)N[C@@H](C)C(=O)CCCN[C@H](C(=O)Nc1ccc([N+](=O)[O-])cc1)C(C)C. The number of nitrogens with one attached hydrogen (secondary N) is 3. The van der Waals surface area contributed by atoms with E-state index in [0.717, 1.165) is 5.06 Å². The number of nitro groups is 1. The number of carbonyl (C=O) groups excluding carboxylic acids is 4. The van der Waals surface area contributed by atoms with E-state index in [-0.39, 0.29) is 36.1 Å². The van der Waals surface area contributed by atoms with Crippen LogP contribution in [0, 0.1) is 16.0 Å².